The third-order valence-electron chi connectivity index (χ3n) is 3.50. The van der Waals surface area contributed by atoms with E-state index >= 15 is 0 Å². The number of piperazine rings is 1. The lowest BCUT2D eigenvalue weighted by atomic mass is 10.1. The van der Waals surface area contributed by atoms with Gasteiger partial charge < -0.3 is 10.2 Å². The molecule has 1 amide bonds. The molecule has 0 spiro atoms. The van der Waals surface area contributed by atoms with Gasteiger partial charge in [-0.3, -0.25) is 9.89 Å². The highest BCUT2D eigenvalue weighted by Gasteiger charge is 2.22. The lowest BCUT2D eigenvalue weighted by Crippen LogP contribution is -2.51. The number of fused-ring (bicyclic) bond motifs is 1. The number of aryl methyl sites for hydroxylation is 1. The van der Waals surface area contributed by atoms with Crippen molar-refractivity contribution in [2.45, 2.75) is 19.9 Å². The smallest absolute Gasteiger partial charge is 0.255 e. The fourth-order valence-corrected chi connectivity index (χ4v) is 2.44. The molecule has 0 bridgehead atoms. The van der Waals surface area contributed by atoms with Crippen LogP contribution in [-0.2, 0) is 0 Å². The Hall–Kier alpha value is -1.95. The molecule has 6 nitrogen and oxygen atoms in total. The van der Waals surface area contributed by atoms with Crippen LogP contribution in [0.3, 0.4) is 0 Å². The van der Waals surface area contributed by atoms with Crippen LogP contribution in [0.4, 0.5) is 0 Å². The molecule has 19 heavy (non-hydrogen) atoms. The predicted octanol–water partition coefficient (Wildman–Crippen LogP) is 0.700. The summed E-state index contributed by atoms with van der Waals surface area (Å²) in [6.07, 6.45) is 1.61. The van der Waals surface area contributed by atoms with E-state index < -0.39 is 0 Å². The highest BCUT2D eigenvalue weighted by molar-refractivity contribution is 5.97. The fraction of sp³-hybridized carbons (Fsp3) is 0.462. The zero-order chi connectivity index (χ0) is 13.4. The summed E-state index contributed by atoms with van der Waals surface area (Å²) in [5.74, 6) is 0.0448. The zero-order valence-electron chi connectivity index (χ0n) is 11.1. The van der Waals surface area contributed by atoms with Crippen LogP contribution in [0.2, 0.25) is 0 Å². The minimum absolute atomic E-state index is 0.0448. The van der Waals surface area contributed by atoms with Crippen LogP contribution >= 0.6 is 0 Å². The number of hydrogen-bond donors (Lipinski definition) is 2. The quantitative estimate of drug-likeness (QED) is 0.790. The molecule has 1 aliphatic heterocycles. The van der Waals surface area contributed by atoms with E-state index in [1.165, 1.54) is 0 Å². The zero-order valence-corrected chi connectivity index (χ0v) is 11.1. The van der Waals surface area contributed by atoms with E-state index in [9.17, 15) is 4.79 Å². The van der Waals surface area contributed by atoms with Gasteiger partial charge in [-0.1, -0.05) is 0 Å². The van der Waals surface area contributed by atoms with E-state index in [0.717, 1.165) is 30.7 Å². The maximum atomic E-state index is 12.4. The number of aromatic nitrogens is 3. The fourth-order valence-electron chi connectivity index (χ4n) is 2.44. The molecule has 3 heterocycles. The van der Waals surface area contributed by atoms with E-state index in [2.05, 4.69) is 27.4 Å². The van der Waals surface area contributed by atoms with Gasteiger partial charge in [0.25, 0.3) is 5.91 Å². The van der Waals surface area contributed by atoms with Gasteiger partial charge in [-0.15, -0.1) is 0 Å². The number of hydrogen-bond acceptors (Lipinski definition) is 4. The first-order valence-electron chi connectivity index (χ1n) is 6.48. The maximum Gasteiger partial charge on any atom is 0.255 e. The van der Waals surface area contributed by atoms with E-state index in [0.29, 0.717) is 17.3 Å². The average Bonchev–Trinajstić information content (AvgIpc) is 2.79. The monoisotopic (exact) mass is 259 g/mol. The van der Waals surface area contributed by atoms with Crippen LogP contribution < -0.4 is 5.32 Å². The molecule has 0 aliphatic carbocycles. The Labute approximate surface area is 111 Å². The van der Waals surface area contributed by atoms with E-state index in [4.69, 9.17) is 0 Å². The van der Waals surface area contributed by atoms with Gasteiger partial charge in [0, 0.05) is 43.0 Å². The molecule has 1 atom stereocenters. The van der Waals surface area contributed by atoms with Crippen molar-refractivity contribution in [1.82, 2.24) is 25.4 Å². The lowest BCUT2D eigenvalue weighted by molar-refractivity contribution is 0.0709. The van der Waals surface area contributed by atoms with Gasteiger partial charge in [-0.2, -0.15) is 5.10 Å². The normalized spacial score (nSPS) is 19.9. The summed E-state index contributed by atoms with van der Waals surface area (Å²) in [6.45, 7) is 6.33. The van der Waals surface area contributed by atoms with Crippen LogP contribution in [0.25, 0.3) is 11.0 Å². The molecule has 0 radical (unpaired) electrons. The Morgan fingerprint density at radius 2 is 2.37 bits per heavy atom. The van der Waals surface area contributed by atoms with Crippen molar-refractivity contribution >= 4 is 16.9 Å². The SMILES string of the molecule is Cc1[nH]nc2ncc(C(=O)N3CCNC(C)C3)cc12. The summed E-state index contributed by atoms with van der Waals surface area (Å²) in [4.78, 5) is 18.6. The summed E-state index contributed by atoms with van der Waals surface area (Å²) in [5, 5.41) is 11.2. The van der Waals surface area contributed by atoms with Gasteiger partial charge >= 0.3 is 0 Å². The Kier molecular flexibility index (Phi) is 2.94. The van der Waals surface area contributed by atoms with Crippen LogP contribution in [0.5, 0.6) is 0 Å². The van der Waals surface area contributed by atoms with Crippen molar-refractivity contribution < 1.29 is 4.79 Å². The molecular formula is C13H17N5O. The summed E-state index contributed by atoms with van der Waals surface area (Å²) in [7, 11) is 0. The summed E-state index contributed by atoms with van der Waals surface area (Å²) < 4.78 is 0. The molecule has 1 fully saturated rings. The largest absolute Gasteiger partial charge is 0.336 e. The van der Waals surface area contributed by atoms with Crippen LogP contribution in [-0.4, -0.2) is 51.7 Å². The van der Waals surface area contributed by atoms with Crippen molar-refractivity contribution in [1.29, 1.82) is 0 Å². The van der Waals surface area contributed by atoms with Crippen molar-refractivity contribution in [2.24, 2.45) is 0 Å². The number of nitrogens with one attached hydrogen (secondary N) is 2. The van der Waals surface area contributed by atoms with Crippen molar-refractivity contribution in [3.8, 4) is 0 Å². The lowest BCUT2D eigenvalue weighted by Gasteiger charge is -2.31. The summed E-state index contributed by atoms with van der Waals surface area (Å²) in [6, 6.07) is 2.21. The van der Waals surface area contributed by atoms with Gasteiger partial charge in [-0.05, 0) is 19.9 Å². The summed E-state index contributed by atoms with van der Waals surface area (Å²) >= 11 is 0. The van der Waals surface area contributed by atoms with Gasteiger partial charge in [0.1, 0.15) is 0 Å². The van der Waals surface area contributed by atoms with E-state index in [-0.39, 0.29) is 5.91 Å². The Bertz CT molecular complexity index is 621. The minimum atomic E-state index is 0.0448. The number of amides is 1. The molecule has 1 saturated heterocycles. The van der Waals surface area contributed by atoms with E-state index in [1.54, 1.807) is 6.20 Å². The molecular weight excluding hydrogens is 242 g/mol. The predicted molar refractivity (Wildman–Crippen MR) is 72.0 cm³/mol. The standard InChI is InChI=1S/C13H17N5O/c1-8-7-18(4-3-14-8)13(19)10-5-11-9(2)16-17-12(11)15-6-10/h5-6,8,14H,3-4,7H2,1-2H3,(H,15,16,17). The number of aromatic amines is 1. The van der Waals surface area contributed by atoms with Crippen molar-refractivity contribution in [2.75, 3.05) is 19.6 Å². The number of carbonyl (C=O) groups is 1. The summed E-state index contributed by atoms with van der Waals surface area (Å²) in [5.41, 5.74) is 2.22. The van der Waals surface area contributed by atoms with Crippen LogP contribution in [0.1, 0.15) is 23.0 Å². The second-order valence-electron chi connectivity index (χ2n) is 5.05. The molecule has 0 saturated carbocycles. The topological polar surface area (TPSA) is 73.9 Å². The number of rotatable bonds is 1. The number of nitrogens with zero attached hydrogens (tertiary/aromatic N) is 3. The van der Waals surface area contributed by atoms with Crippen LogP contribution in [0.15, 0.2) is 12.3 Å². The van der Waals surface area contributed by atoms with Crippen LogP contribution in [0, 0.1) is 6.92 Å². The van der Waals surface area contributed by atoms with Gasteiger partial charge in [-0.25, -0.2) is 4.98 Å². The average molecular weight is 259 g/mol. The van der Waals surface area contributed by atoms with Gasteiger partial charge in [0.15, 0.2) is 5.65 Å². The third-order valence-corrected chi connectivity index (χ3v) is 3.50. The Morgan fingerprint density at radius 3 is 3.16 bits per heavy atom. The molecule has 1 unspecified atom stereocenters. The highest BCUT2D eigenvalue weighted by Crippen LogP contribution is 2.16. The first-order chi connectivity index (χ1) is 9.15. The molecule has 6 heteroatoms. The molecule has 2 aromatic heterocycles. The first kappa shape index (κ1) is 12.1. The second-order valence-corrected chi connectivity index (χ2v) is 5.05. The first-order valence-corrected chi connectivity index (χ1v) is 6.48. The molecule has 2 N–H and O–H groups in total. The van der Waals surface area contributed by atoms with Crippen molar-refractivity contribution in [3.05, 3.63) is 23.5 Å². The number of H-pyrrole nitrogens is 1. The second kappa shape index (κ2) is 4.62. The van der Waals surface area contributed by atoms with Gasteiger partial charge in [0.05, 0.1) is 5.56 Å². The minimum Gasteiger partial charge on any atom is -0.336 e. The molecule has 100 valence electrons. The van der Waals surface area contributed by atoms with Crippen molar-refractivity contribution in [3.63, 3.8) is 0 Å². The number of pyridine rings is 1. The Balaban J connectivity index is 1.90. The third kappa shape index (κ3) is 2.19. The molecule has 1 aliphatic rings. The highest BCUT2D eigenvalue weighted by atomic mass is 16.2. The number of carbonyl (C=O) groups excluding carboxylic acids is 1. The Morgan fingerprint density at radius 1 is 1.53 bits per heavy atom. The van der Waals surface area contributed by atoms with E-state index in [1.807, 2.05) is 17.9 Å². The maximum absolute atomic E-state index is 12.4. The van der Waals surface area contributed by atoms with Gasteiger partial charge in [0.2, 0.25) is 0 Å². The molecule has 3 rings (SSSR count). The molecule has 0 aromatic carbocycles. The molecule has 2 aromatic rings.